The van der Waals surface area contributed by atoms with Crippen molar-refractivity contribution in [2.24, 2.45) is 4.99 Å². The number of non-ortho nitro benzene ring substituents is 1. The van der Waals surface area contributed by atoms with E-state index in [1.807, 2.05) is 30.3 Å². The summed E-state index contributed by atoms with van der Waals surface area (Å²) >= 11 is 6.72. The van der Waals surface area contributed by atoms with Gasteiger partial charge in [-0.3, -0.25) is 15.1 Å². The summed E-state index contributed by atoms with van der Waals surface area (Å²) in [6, 6.07) is 17.7. The average Bonchev–Trinajstić information content (AvgIpc) is 3.15. The normalized spacial score (nSPS) is 11.4. The standard InChI is InChI=1S/C21H14BrN3O3S2/c22-15-3-1-13(2-4-15)12-29-21-24-18-7-5-16(10-20(18)30-21)23-11-14-9-17(25(27)28)6-8-19(14)26/h1-11,26H,12H2. The molecule has 9 heteroatoms. The van der Waals surface area contributed by atoms with Crippen molar-refractivity contribution < 1.29 is 10.0 Å². The number of nitro benzene ring substituents is 1. The Morgan fingerprint density at radius 2 is 1.97 bits per heavy atom. The second-order valence-corrected chi connectivity index (χ2v) is 9.47. The number of nitro groups is 1. The number of fused-ring (bicyclic) bond motifs is 1. The van der Waals surface area contributed by atoms with Gasteiger partial charge in [-0.25, -0.2) is 4.98 Å². The molecule has 0 atom stereocenters. The summed E-state index contributed by atoms with van der Waals surface area (Å²) in [6.45, 7) is 0. The molecule has 0 amide bonds. The van der Waals surface area contributed by atoms with E-state index in [0.29, 0.717) is 11.3 Å². The van der Waals surface area contributed by atoms with E-state index in [-0.39, 0.29) is 11.4 Å². The van der Waals surface area contributed by atoms with Crippen LogP contribution in [0.15, 0.2) is 74.5 Å². The number of benzene rings is 3. The van der Waals surface area contributed by atoms with Crippen LogP contribution in [0.5, 0.6) is 5.75 Å². The SMILES string of the molecule is O=[N+]([O-])c1ccc(O)c(C=Nc2ccc3nc(SCc4ccc(Br)cc4)sc3c2)c1. The predicted octanol–water partition coefficient (Wildman–Crippen LogP) is 6.72. The molecule has 6 nitrogen and oxygen atoms in total. The third-order valence-corrected chi connectivity index (χ3v) is 6.96. The molecule has 1 aromatic heterocycles. The Labute approximate surface area is 188 Å². The van der Waals surface area contributed by atoms with E-state index in [4.69, 9.17) is 0 Å². The second-order valence-electron chi connectivity index (χ2n) is 6.31. The van der Waals surface area contributed by atoms with Gasteiger partial charge in [-0.05, 0) is 42.0 Å². The van der Waals surface area contributed by atoms with Gasteiger partial charge >= 0.3 is 0 Å². The number of rotatable bonds is 6. The molecule has 0 aliphatic rings. The number of halogens is 1. The number of thioether (sulfide) groups is 1. The lowest BCUT2D eigenvalue weighted by molar-refractivity contribution is -0.384. The Hall–Kier alpha value is -2.75. The van der Waals surface area contributed by atoms with Crippen molar-refractivity contribution in [1.29, 1.82) is 0 Å². The Morgan fingerprint density at radius 1 is 1.17 bits per heavy atom. The maximum absolute atomic E-state index is 10.9. The van der Waals surface area contributed by atoms with E-state index < -0.39 is 4.92 Å². The van der Waals surface area contributed by atoms with Crippen LogP contribution in [-0.2, 0) is 5.75 Å². The minimum atomic E-state index is -0.506. The summed E-state index contributed by atoms with van der Waals surface area (Å²) in [5.41, 5.74) is 3.00. The highest BCUT2D eigenvalue weighted by atomic mass is 79.9. The Balaban J connectivity index is 1.51. The van der Waals surface area contributed by atoms with E-state index >= 15 is 0 Å². The molecule has 0 radical (unpaired) electrons. The fraction of sp³-hybridized carbons (Fsp3) is 0.0476. The number of aliphatic imine (C=N–C) groups is 1. The van der Waals surface area contributed by atoms with E-state index in [1.54, 1.807) is 23.1 Å². The van der Waals surface area contributed by atoms with Crippen molar-refractivity contribution in [3.63, 3.8) is 0 Å². The summed E-state index contributed by atoms with van der Waals surface area (Å²) in [5, 5.41) is 20.8. The molecule has 0 aliphatic heterocycles. The van der Waals surface area contributed by atoms with Crippen LogP contribution in [0, 0.1) is 10.1 Å². The van der Waals surface area contributed by atoms with E-state index in [1.165, 1.54) is 30.0 Å². The fourth-order valence-electron chi connectivity index (χ4n) is 2.66. The van der Waals surface area contributed by atoms with Crippen LogP contribution in [0.4, 0.5) is 11.4 Å². The zero-order chi connectivity index (χ0) is 21.1. The minimum Gasteiger partial charge on any atom is -0.507 e. The Kier molecular flexibility index (Phi) is 6.12. The Morgan fingerprint density at radius 3 is 2.73 bits per heavy atom. The Bertz CT molecular complexity index is 1260. The summed E-state index contributed by atoms with van der Waals surface area (Å²) in [4.78, 5) is 19.4. The molecule has 4 rings (SSSR count). The van der Waals surface area contributed by atoms with Gasteiger partial charge in [0.05, 0.1) is 20.8 Å². The molecule has 0 bridgehead atoms. The van der Waals surface area contributed by atoms with Gasteiger partial charge in [-0.15, -0.1) is 11.3 Å². The van der Waals surface area contributed by atoms with Crippen LogP contribution in [0.3, 0.4) is 0 Å². The summed E-state index contributed by atoms with van der Waals surface area (Å²) in [6.07, 6.45) is 1.42. The first-order valence-corrected chi connectivity index (χ1v) is 11.4. The highest BCUT2D eigenvalue weighted by molar-refractivity contribution is 9.10. The van der Waals surface area contributed by atoms with Crippen molar-refractivity contribution in [2.45, 2.75) is 10.1 Å². The van der Waals surface area contributed by atoms with Crippen molar-refractivity contribution in [2.75, 3.05) is 0 Å². The number of aromatic hydroxyl groups is 1. The first-order chi connectivity index (χ1) is 14.5. The molecule has 0 unspecified atom stereocenters. The van der Waals surface area contributed by atoms with Crippen LogP contribution in [0.2, 0.25) is 0 Å². The van der Waals surface area contributed by atoms with Gasteiger partial charge in [0, 0.05) is 34.1 Å². The molecule has 1 heterocycles. The molecule has 150 valence electrons. The highest BCUT2D eigenvalue weighted by Gasteiger charge is 2.09. The number of aromatic nitrogens is 1. The lowest BCUT2D eigenvalue weighted by Gasteiger charge is -1.99. The quantitative estimate of drug-likeness (QED) is 0.138. The van der Waals surface area contributed by atoms with Gasteiger partial charge in [0.25, 0.3) is 5.69 Å². The molecule has 0 saturated heterocycles. The largest absolute Gasteiger partial charge is 0.507 e. The summed E-state index contributed by atoms with van der Waals surface area (Å²) in [5.74, 6) is 0.777. The molecular formula is C21H14BrN3O3S2. The van der Waals surface area contributed by atoms with Gasteiger partial charge in [-0.2, -0.15) is 0 Å². The third kappa shape index (κ3) is 4.86. The molecule has 3 aromatic carbocycles. The van der Waals surface area contributed by atoms with Crippen LogP contribution in [-0.4, -0.2) is 21.2 Å². The number of nitrogens with zero attached hydrogens (tertiary/aromatic N) is 3. The van der Waals surface area contributed by atoms with Gasteiger partial charge in [0.15, 0.2) is 4.34 Å². The molecule has 0 fully saturated rings. The van der Waals surface area contributed by atoms with Crippen LogP contribution < -0.4 is 0 Å². The molecule has 0 aliphatic carbocycles. The monoisotopic (exact) mass is 499 g/mol. The third-order valence-electron chi connectivity index (χ3n) is 4.20. The van der Waals surface area contributed by atoms with Gasteiger partial charge in [-0.1, -0.05) is 39.8 Å². The minimum absolute atomic E-state index is 0.0603. The van der Waals surface area contributed by atoms with Gasteiger partial charge in [0.1, 0.15) is 5.75 Å². The maximum atomic E-state index is 10.9. The van der Waals surface area contributed by atoms with Crippen molar-refractivity contribution in [3.8, 4) is 5.75 Å². The van der Waals surface area contributed by atoms with Crippen LogP contribution >= 0.6 is 39.0 Å². The lowest BCUT2D eigenvalue weighted by atomic mass is 10.2. The number of phenolic OH excluding ortho intramolecular Hbond substituents is 1. The maximum Gasteiger partial charge on any atom is 0.270 e. The first kappa shape index (κ1) is 20.5. The number of hydrogen-bond donors (Lipinski definition) is 1. The average molecular weight is 500 g/mol. The lowest BCUT2D eigenvalue weighted by Crippen LogP contribution is -1.90. The predicted molar refractivity (Wildman–Crippen MR) is 125 cm³/mol. The fourth-order valence-corrected chi connectivity index (χ4v) is 4.98. The molecule has 1 N–H and O–H groups in total. The summed E-state index contributed by atoms with van der Waals surface area (Å²) < 4.78 is 3.04. The molecule has 0 saturated carbocycles. The number of hydrogen-bond acceptors (Lipinski definition) is 7. The smallest absolute Gasteiger partial charge is 0.270 e. The zero-order valence-corrected chi connectivity index (χ0v) is 18.6. The first-order valence-electron chi connectivity index (χ1n) is 8.77. The number of thiazole rings is 1. The molecule has 30 heavy (non-hydrogen) atoms. The number of phenols is 1. The van der Waals surface area contributed by atoms with E-state index in [0.717, 1.165) is 24.8 Å². The summed E-state index contributed by atoms with van der Waals surface area (Å²) in [7, 11) is 0. The molecule has 4 aromatic rings. The highest BCUT2D eigenvalue weighted by Crippen LogP contribution is 2.33. The molecule has 0 spiro atoms. The second kappa shape index (κ2) is 8.95. The van der Waals surface area contributed by atoms with Crippen LogP contribution in [0.25, 0.3) is 10.2 Å². The van der Waals surface area contributed by atoms with Crippen molar-refractivity contribution in [1.82, 2.24) is 4.98 Å². The topological polar surface area (TPSA) is 88.6 Å². The zero-order valence-electron chi connectivity index (χ0n) is 15.4. The molecular weight excluding hydrogens is 486 g/mol. The van der Waals surface area contributed by atoms with Crippen LogP contribution in [0.1, 0.15) is 11.1 Å². The van der Waals surface area contributed by atoms with E-state index in [2.05, 4.69) is 38.0 Å². The van der Waals surface area contributed by atoms with Crippen molar-refractivity contribution in [3.05, 3.63) is 86.4 Å². The van der Waals surface area contributed by atoms with E-state index in [9.17, 15) is 15.2 Å². The van der Waals surface area contributed by atoms with Crippen molar-refractivity contribution >= 4 is 66.8 Å². The van der Waals surface area contributed by atoms with Gasteiger partial charge < -0.3 is 5.11 Å². The van der Waals surface area contributed by atoms with Gasteiger partial charge in [0.2, 0.25) is 0 Å².